The highest BCUT2D eigenvalue weighted by molar-refractivity contribution is 7.07. The SMILES string of the molecule is COc1cccc(N=c2scc(C)n2C2CCCCCCC2)c1. The van der Waals surface area contributed by atoms with Crippen molar-refractivity contribution in [3.05, 3.63) is 40.1 Å². The van der Waals surface area contributed by atoms with E-state index in [-0.39, 0.29) is 0 Å². The molecule has 1 aliphatic carbocycles. The molecule has 1 aromatic heterocycles. The Labute approximate surface area is 142 Å². The van der Waals surface area contributed by atoms with Crippen LogP contribution in [0.4, 0.5) is 5.69 Å². The first kappa shape index (κ1) is 16.3. The van der Waals surface area contributed by atoms with Crippen LogP contribution in [0.5, 0.6) is 5.75 Å². The van der Waals surface area contributed by atoms with E-state index < -0.39 is 0 Å². The second-order valence-electron chi connectivity index (χ2n) is 6.34. The Morgan fingerprint density at radius 3 is 2.61 bits per heavy atom. The lowest BCUT2D eigenvalue weighted by Crippen LogP contribution is -2.22. The van der Waals surface area contributed by atoms with Crippen LogP contribution in [-0.2, 0) is 0 Å². The summed E-state index contributed by atoms with van der Waals surface area (Å²) < 4.78 is 7.78. The Bertz CT molecular complexity index is 693. The van der Waals surface area contributed by atoms with E-state index in [1.807, 2.05) is 24.3 Å². The number of hydrogen-bond donors (Lipinski definition) is 0. The molecule has 0 atom stereocenters. The van der Waals surface area contributed by atoms with Crippen molar-refractivity contribution in [1.82, 2.24) is 4.57 Å². The molecule has 1 fully saturated rings. The molecule has 2 aromatic rings. The molecule has 0 aliphatic heterocycles. The molecule has 0 amide bonds. The zero-order valence-corrected chi connectivity index (χ0v) is 14.9. The topological polar surface area (TPSA) is 26.5 Å². The fourth-order valence-electron chi connectivity index (χ4n) is 3.41. The summed E-state index contributed by atoms with van der Waals surface area (Å²) in [6.07, 6.45) is 9.40. The molecule has 0 bridgehead atoms. The van der Waals surface area contributed by atoms with E-state index in [9.17, 15) is 0 Å². The molecule has 3 rings (SSSR count). The molecule has 0 saturated heterocycles. The van der Waals surface area contributed by atoms with Gasteiger partial charge in [-0.2, -0.15) is 0 Å². The van der Waals surface area contributed by atoms with Crippen LogP contribution in [0.25, 0.3) is 0 Å². The standard InChI is InChI=1S/C19H26N2OS/c1-15-14-23-19(20-16-9-8-12-18(13-16)22-2)21(15)17-10-6-4-3-5-7-11-17/h8-9,12-14,17H,3-7,10-11H2,1-2H3. The molecule has 4 heteroatoms. The van der Waals surface area contributed by atoms with Gasteiger partial charge in [0.2, 0.25) is 0 Å². The summed E-state index contributed by atoms with van der Waals surface area (Å²) in [6.45, 7) is 2.21. The second-order valence-corrected chi connectivity index (χ2v) is 7.18. The van der Waals surface area contributed by atoms with E-state index in [0.717, 1.165) is 16.2 Å². The minimum Gasteiger partial charge on any atom is -0.497 e. The third-order valence-corrected chi connectivity index (χ3v) is 5.60. The molecule has 3 nitrogen and oxygen atoms in total. The fraction of sp³-hybridized carbons (Fsp3) is 0.526. The van der Waals surface area contributed by atoms with Crippen molar-refractivity contribution < 1.29 is 4.74 Å². The molecule has 0 spiro atoms. The van der Waals surface area contributed by atoms with Gasteiger partial charge in [-0.3, -0.25) is 0 Å². The first-order valence-corrected chi connectivity index (χ1v) is 9.51. The van der Waals surface area contributed by atoms with Gasteiger partial charge >= 0.3 is 0 Å². The van der Waals surface area contributed by atoms with E-state index >= 15 is 0 Å². The fourth-order valence-corrected chi connectivity index (χ4v) is 4.36. The van der Waals surface area contributed by atoms with Crippen molar-refractivity contribution in [2.24, 2.45) is 4.99 Å². The zero-order chi connectivity index (χ0) is 16.1. The van der Waals surface area contributed by atoms with Crippen LogP contribution in [0.1, 0.15) is 56.7 Å². The van der Waals surface area contributed by atoms with Crippen molar-refractivity contribution in [3.63, 3.8) is 0 Å². The quantitative estimate of drug-likeness (QED) is 0.741. The van der Waals surface area contributed by atoms with Crippen molar-refractivity contribution in [3.8, 4) is 5.75 Å². The number of ether oxygens (including phenoxy) is 1. The predicted molar refractivity (Wildman–Crippen MR) is 96.6 cm³/mol. The van der Waals surface area contributed by atoms with Crippen molar-refractivity contribution in [2.45, 2.75) is 57.9 Å². The molecule has 1 aromatic carbocycles. The molecule has 1 saturated carbocycles. The maximum atomic E-state index is 5.31. The van der Waals surface area contributed by atoms with Crippen LogP contribution in [0.3, 0.4) is 0 Å². The van der Waals surface area contributed by atoms with E-state index in [2.05, 4.69) is 16.9 Å². The highest BCUT2D eigenvalue weighted by atomic mass is 32.1. The molecular formula is C19H26N2OS. The molecule has 23 heavy (non-hydrogen) atoms. The number of methoxy groups -OCH3 is 1. The van der Waals surface area contributed by atoms with Gasteiger partial charge in [-0.25, -0.2) is 4.99 Å². The minimum atomic E-state index is 0.603. The highest BCUT2D eigenvalue weighted by Crippen LogP contribution is 2.27. The van der Waals surface area contributed by atoms with Crippen LogP contribution in [0.2, 0.25) is 0 Å². The Kier molecular flexibility index (Phi) is 5.55. The van der Waals surface area contributed by atoms with Gasteiger partial charge < -0.3 is 9.30 Å². The Morgan fingerprint density at radius 1 is 1.13 bits per heavy atom. The summed E-state index contributed by atoms with van der Waals surface area (Å²) in [5.74, 6) is 0.858. The van der Waals surface area contributed by atoms with Crippen LogP contribution < -0.4 is 9.54 Å². The summed E-state index contributed by atoms with van der Waals surface area (Å²) in [6, 6.07) is 8.60. The average Bonchev–Trinajstić information content (AvgIpc) is 2.88. The van der Waals surface area contributed by atoms with Gasteiger partial charge in [0, 0.05) is 23.2 Å². The van der Waals surface area contributed by atoms with Crippen LogP contribution in [0.15, 0.2) is 34.6 Å². The predicted octanol–water partition coefficient (Wildman–Crippen LogP) is 5.38. The van der Waals surface area contributed by atoms with Crippen molar-refractivity contribution >= 4 is 17.0 Å². The summed E-state index contributed by atoms with van der Waals surface area (Å²) in [5, 5.41) is 2.23. The van der Waals surface area contributed by atoms with Crippen LogP contribution >= 0.6 is 11.3 Å². The Hall–Kier alpha value is -1.55. The monoisotopic (exact) mass is 330 g/mol. The third kappa shape index (κ3) is 4.05. The molecule has 0 radical (unpaired) electrons. The molecular weight excluding hydrogens is 304 g/mol. The van der Waals surface area contributed by atoms with Gasteiger partial charge in [0.15, 0.2) is 4.80 Å². The third-order valence-electron chi connectivity index (χ3n) is 4.64. The molecule has 0 N–H and O–H groups in total. The number of hydrogen-bond acceptors (Lipinski definition) is 3. The van der Waals surface area contributed by atoms with Gasteiger partial charge in [0.05, 0.1) is 12.8 Å². The lowest BCUT2D eigenvalue weighted by molar-refractivity contribution is 0.362. The number of benzene rings is 1. The first-order valence-electron chi connectivity index (χ1n) is 8.63. The Morgan fingerprint density at radius 2 is 1.87 bits per heavy atom. The van der Waals surface area contributed by atoms with E-state index in [1.165, 1.54) is 50.6 Å². The average molecular weight is 330 g/mol. The molecule has 1 heterocycles. The number of nitrogens with zero attached hydrogens (tertiary/aromatic N) is 2. The van der Waals surface area contributed by atoms with E-state index in [4.69, 9.17) is 9.73 Å². The summed E-state index contributed by atoms with van der Waals surface area (Å²) in [7, 11) is 1.70. The second kappa shape index (κ2) is 7.82. The minimum absolute atomic E-state index is 0.603. The smallest absolute Gasteiger partial charge is 0.190 e. The number of thiazole rings is 1. The number of aromatic nitrogens is 1. The van der Waals surface area contributed by atoms with Crippen molar-refractivity contribution in [2.75, 3.05) is 7.11 Å². The number of rotatable bonds is 3. The van der Waals surface area contributed by atoms with Gasteiger partial charge in [0.1, 0.15) is 5.75 Å². The number of aryl methyl sites for hydroxylation is 1. The van der Waals surface area contributed by atoms with E-state index in [1.54, 1.807) is 18.4 Å². The lowest BCUT2D eigenvalue weighted by Gasteiger charge is -2.22. The lowest BCUT2D eigenvalue weighted by atomic mass is 9.96. The van der Waals surface area contributed by atoms with E-state index in [0.29, 0.717) is 6.04 Å². The van der Waals surface area contributed by atoms with Gasteiger partial charge in [-0.05, 0) is 31.9 Å². The summed E-state index contributed by atoms with van der Waals surface area (Å²) >= 11 is 1.75. The maximum Gasteiger partial charge on any atom is 0.190 e. The van der Waals surface area contributed by atoms with Crippen LogP contribution in [-0.4, -0.2) is 11.7 Å². The first-order chi connectivity index (χ1) is 11.3. The van der Waals surface area contributed by atoms with Crippen molar-refractivity contribution in [1.29, 1.82) is 0 Å². The summed E-state index contributed by atoms with van der Waals surface area (Å²) in [5.41, 5.74) is 2.30. The maximum absolute atomic E-state index is 5.31. The van der Waals surface area contributed by atoms with Gasteiger partial charge in [-0.1, -0.05) is 38.2 Å². The molecule has 1 aliphatic rings. The van der Waals surface area contributed by atoms with Gasteiger partial charge in [0.25, 0.3) is 0 Å². The van der Waals surface area contributed by atoms with Crippen LogP contribution in [0, 0.1) is 6.92 Å². The molecule has 124 valence electrons. The Balaban J connectivity index is 1.95. The normalized spacial score (nSPS) is 17.7. The summed E-state index contributed by atoms with van der Waals surface area (Å²) in [4.78, 5) is 6.01. The largest absolute Gasteiger partial charge is 0.497 e. The molecule has 0 unspecified atom stereocenters. The highest BCUT2D eigenvalue weighted by Gasteiger charge is 2.16. The van der Waals surface area contributed by atoms with Gasteiger partial charge in [-0.15, -0.1) is 11.3 Å². The zero-order valence-electron chi connectivity index (χ0n) is 14.1.